The van der Waals surface area contributed by atoms with Gasteiger partial charge in [0.2, 0.25) is 5.89 Å². The standard InChI is InChI=1S/C14H17NO4S/c1-4-5-10-6-11(13(20-10)14(16)17)18-7-12-15-8(2)9(3)19-12/h6H,4-5,7H2,1-3H3,(H,16,17). The minimum absolute atomic E-state index is 0.136. The minimum Gasteiger partial charge on any atom is -0.482 e. The van der Waals surface area contributed by atoms with Crippen LogP contribution >= 0.6 is 11.3 Å². The van der Waals surface area contributed by atoms with Crippen LogP contribution in [0.4, 0.5) is 0 Å². The summed E-state index contributed by atoms with van der Waals surface area (Å²) in [5.41, 5.74) is 0.819. The monoisotopic (exact) mass is 295 g/mol. The highest BCUT2D eigenvalue weighted by molar-refractivity contribution is 7.14. The van der Waals surface area contributed by atoms with Gasteiger partial charge in [-0.25, -0.2) is 9.78 Å². The molecule has 0 bridgehead atoms. The Bertz CT molecular complexity index is 595. The van der Waals surface area contributed by atoms with Crippen LogP contribution in [0.3, 0.4) is 0 Å². The molecule has 0 atom stereocenters. The van der Waals surface area contributed by atoms with Gasteiger partial charge in [-0.2, -0.15) is 0 Å². The molecule has 5 nitrogen and oxygen atoms in total. The largest absolute Gasteiger partial charge is 0.482 e. The summed E-state index contributed by atoms with van der Waals surface area (Å²) < 4.78 is 11.0. The minimum atomic E-state index is -0.966. The van der Waals surface area contributed by atoms with E-state index in [9.17, 15) is 9.90 Å². The summed E-state index contributed by atoms with van der Waals surface area (Å²) in [5, 5.41) is 9.18. The number of nitrogens with zero attached hydrogens (tertiary/aromatic N) is 1. The lowest BCUT2D eigenvalue weighted by molar-refractivity contribution is 0.0697. The first-order valence-electron chi connectivity index (χ1n) is 6.43. The summed E-state index contributed by atoms with van der Waals surface area (Å²) in [7, 11) is 0. The number of aromatic carboxylic acids is 1. The molecule has 20 heavy (non-hydrogen) atoms. The third kappa shape index (κ3) is 3.19. The molecule has 0 saturated heterocycles. The third-order valence-corrected chi connectivity index (χ3v) is 4.03. The van der Waals surface area contributed by atoms with Gasteiger partial charge < -0.3 is 14.3 Å². The number of carboxylic acid groups (broad SMARTS) is 1. The Balaban J connectivity index is 2.13. The molecule has 0 aliphatic heterocycles. The number of aryl methyl sites for hydroxylation is 3. The van der Waals surface area contributed by atoms with E-state index in [1.54, 1.807) is 6.07 Å². The fraction of sp³-hybridized carbons (Fsp3) is 0.429. The van der Waals surface area contributed by atoms with Crippen LogP contribution in [-0.2, 0) is 13.0 Å². The second-order valence-corrected chi connectivity index (χ2v) is 5.64. The second-order valence-electron chi connectivity index (χ2n) is 4.50. The summed E-state index contributed by atoms with van der Waals surface area (Å²) in [5.74, 6) is 0.630. The van der Waals surface area contributed by atoms with Gasteiger partial charge in [-0.1, -0.05) is 13.3 Å². The van der Waals surface area contributed by atoms with Gasteiger partial charge in [0.15, 0.2) is 11.5 Å². The maximum absolute atomic E-state index is 11.2. The van der Waals surface area contributed by atoms with Crippen molar-refractivity contribution in [3.63, 3.8) is 0 Å². The predicted molar refractivity (Wildman–Crippen MR) is 75.6 cm³/mol. The van der Waals surface area contributed by atoms with Gasteiger partial charge in [0.25, 0.3) is 0 Å². The maximum Gasteiger partial charge on any atom is 0.349 e. The zero-order valence-electron chi connectivity index (χ0n) is 11.7. The van der Waals surface area contributed by atoms with E-state index in [-0.39, 0.29) is 11.5 Å². The van der Waals surface area contributed by atoms with Crippen molar-refractivity contribution in [1.29, 1.82) is 0 Å². The first-order valence-corrected chi connectivity index (χ1v) is 7.24. The molecule has 0 saturated carbocycles. The van der Waals surface area contributed by atoms with Crippen LogP contribution in [0.25, 0.3) is 0 Å². The molecule has 2 aromatic heterocycles. The average molecular weight is 295 g/mol. The van der Waals surface area contributed by atoms with E-state index in [2.05, 4.69) is 11.9 Å². The number of hydrogen-bond donors (Lipinski definition) is 1. The summed E-state index contributed by atoms with van der Waals surface area (Å²) in [4.78, 5) is 16.7. The van der Waals surface area contributed by atoms with E-state index >= 15 is 0 Å². The van der Waals surface area contributed by atoms with Gasteiger partial charge >= 0.3 is 5.97 Å². The van der Waals surface area contributed by atoms with Crippen molar-refractivity contribution < 1.29 is 19.1 Å². The highest BCUT2D eigenvalue weighted by atomic mass is 32.1. The Hall–Kier alpha value is -1.82. The fourth-order valence-corrected chi connectivity index (χ4v) is 2.83. The Labute approximate surface area is 121 Å². The topological polar surface area (TPSA) is 72.6 Å². The molecule has 0 aliphatic rings. The third-order valence-electron chi connectivity index (χ3n) is 2.86. The van der Waals surface area contributed by atoms with Crippen LogP contribution in [0.5, 0.6) is 5.75 Å². The van der Waals surface area contributed by atoms with Crippen molar-refractivity contribution in [2.24, 2.45) is 0 Å². The molecular weight excluding hydrogens is 278 g/mol. The van der Waals surface area contributed by atoms with Crippen molar-refractivity contribution in [3.05, 3.63) is 33.2 Å². The van der Waals surface area contributed by atoms with E-state index in [0.717, 1.165) is 29.2 Å². The number of carboxylic acids is 1. The van der Waals surface area contributed by atoms with Crippen LogP contribution in [0.1, 0.15) is 45.2 Å². The van der Waals surface area contributed by atoms with Crippen LogP contribution in [-0.4, -0.2) is 16.1 Å². The molecule has 2 aromatic rings. The SMILES string of the molecule is CCCc1cc(OCc2nc(C)c(C)o2)c(C(=O)O)s1. The Kier molecular flexibility index (Phi) is 4.44. The van der Waals surface area contributed by atoms with Gasteiger partial charge in [-0.15, -0.1) is 11.3 Å². The molecule has 0 fully saturated rings. The van der Waals surface area contributed by atoms with Crippen LogP contribution < -0.4 is 4.74 Å². The van der Waals surface area contributed by atoms with Gasteiger partial charge in [0, 0.05) is 4.88 Å². The number of thiophene rings is 1. The van der Waals surface area contributed by atoms with E-state index in [0.29, 0.717) is 11.6 Å². The normalized spacial score (nSPS) is 10.8. The number of ether oxygens (including phenoxy) is 1. The molecule has 0 radical (unpaired) electrons. The summed E-state index contributed by atoms with van der Waals surface area (Å²) >= 11 is 1.26. The summed E-state index contributed by atoms with van der Waals surface area (Å²) in [6.45, 7) is 5.88. The van der Waals surface area contributed by atoms with Crippen molar-refractivity contribution in [2.75, 3.05) is 0 Å². The average Bonchev–Trinajstić information content (AvgIpc) is 2.92. The highest BCUT2D eigenvalue weighted by Crippen LogP contribution is 2.31. The zero-order valence-corrected chi connectivity index (χ0v) is 12.5. The number of hydrogen-bond acceptors (Lipinski definition) is 5. The van der Waals surface area contributed by atoms with Crippen molar-refractivity contribution in [3.8, 4) is 5.75 Å². The Morgan fingerprint density at radius 2 is 2.25 bits per heavy atom. The van der Waals surface area contributed by atoms with E-state index in [1.165, 1.54) is 11.3 Å². The predicted octanol–water partition coefficient (Wildman–Crippen LogP) is 3.58. The lowest BCUT2D eigenvalue weighted by atomic mass is 10.3. The van der Waals surface area contributed by atoms with Gasteiger partial charge in [-0.05, 0) is 26.3 Å². The molecule has 0 unspecified atom stereocenters. The van der Waals surface area contributed by atoms with Crippen molar-refractivity contribution >= 4 is 17.3 Å². The quantitative estimate of drug-likeness (QED) is 0.881. The molecule has 2 heterocycles. The first kappa shape index (κ1) is 14.6. The first-order chi connectivity index (χ1) is 9.51. The number of oxazole rings is 1. The van der Waals surface area contributed by atoms with Crippen LogP contribution in [0.15, 0.2) is 10.5 Å². The van der Waals surface area contributed by atoms with Crippen LogP contribution in [0.2, 0.25) is 0 Å². The molecule has 0 aliphatic carbocycles. The molecular formula is C14H17NO4S. The summed E-state index contributed by atoms with van der Waals surface area (Å²) in [6, 6.07) is 1.79. The summed E-state index contributed by atoms with van der Waals surface area (Å²) in [6.07, 6.45) is 1.82. The zero-order chi connectivity index (χ0) is 14.7. The lowest BCUT2D eigenvalue weighted by Crippen LogP contribution is -2.00. The van der Waals surface area contributed by atoms with E-state index < -0.39 is 5.97 Å². The number of carbonyl (C=O) groups is 1. The molecule has 0 amide bonds. The van der Waals surface area contributed by atoms with Gasteiger partial charge in [0.1, 0.15) is 11.5 Å². The second kappa shape index (κ2) is 6.09. The number of aromatic nitrogens is 1. The molecule has 2 rings (SSSR count). The number of rotatable bonds is 6. The smallest absolute Gasteiger partial charge is 0.349 e. The van der Waals surface area contributed by atoms with E-state index in [4.69, 9.17) is 9.15 Å². The van der Waals surface area contributed by atoms with E-state index in [1.807, 2.05) is 13.8 Å². The molecule has 1 N–H and O–H groups in total. The van der Waals surface area contributed by atoms with Crippen LogP contribution in [0, 0.1) is 13.8 Å². The fourth-order valence-electron chi connectivity index (χ4n) is 1.79. The Morgan fingerprint density at radius 1 is 1.50 bits per heavy atom. The lowest BCUT2D eigenvalue weighted by Gasteiger charge is -2.01. The van der Waals surface area contributed by atoms with Crippen molar-refractivity contribution in [2.45, 2.75) is 40.2 Å². The Morgan fingerprint density at radius 3 is 2.80 bits per heavy atom. The molecule has 0 aromatic carbocycles. The molecule has 6 heteroatoms. The molecule has 0 spiro atoms. The molecule has 108 valence electrons. The highest BCUT2D eigenvalue weighted by Gasteiger charge is 2.17. The maximum atomic E-state index is 11.2. The van der Waals surface area contributed by atoms with Gasteiger partial charge in [0.05, 0.1) is 5.69 Å². The van der Waals surface area contributed by atoms with Crippen molar-refractivity contribution in [1.82, 2.24) is 4.98 Å². The van der Waals surface area contributed by atoms with Gasteiger partial charge in [-0.3, -0.25) is 0 Å².